The van der Waals surface area contributed by atoms with Crippen LogP contribution in [0.15, 0.2) is 0 Å². The van der Waals surface area contributed by atoms with E-state index in [2.05, 4.69) is 20.4 Å². The van der Waals surface area contributed by atoms with Gasteiger partial charge in [0.15, 0.2) is 8.32 Å². The van der Waals surface area contributed by atoms with Crippen LogP contribution in [0.2, 0.25) is 18.6 Å². The zero-order chi connectivity index (χ0) is 8.32. The quantitative estimate of drug-likeness (QED) is 0.581. The lowest BCUT2D eigenvalue weighted by molar-refractivity contribution is 0.223. The van der Waals surface area contributed by atoms with Crippen LogP contribution in [0, 0.1) is 0 Å². The normalized spacial score (nSPS) is 24.0. The molecule has 1 aliphatic rings. The van der Waals surface area contributed by atoms with E-state index in [1.807, 2.05) is 0 Å². The molecule has 1 heterocycles. The molecule has 0 amide bonds. The minimum absolute atomic E-state index is 0.449. The van der Waals surface area contributed by atoms with Gasteiger partial charge in [0.1, 0.15) is 0 Å². The van der Waals surface area contributed by atoms with E-state index < -0.39 is 8.32 Å². The molecule has 66 valence electrons. The smallest absolute Gasteiger partial charge is 0.190 e. The van der Waals surface area contributed by atoms with E-state index in [4.69, 9.17) is 4.43 Å². The molecule has 0 aromatic heterocycles. The zero-order valence-electron chi connectivity index (χ0n) is 8.02. The Balaban J connectivity index is 2.37. The van der Waals surface area contributed by atoms with Crippen LogP contribution >= 0.6 is 0 Å². The molecule has 1 nitrogen and oxygen atoms in total. The number of rotatable bonds is 2. The molecule has 1 aliphatic heterocycles. The van der Waals surface area contributed by atoms with Crippen LogP contribution in [-0.4, -0.2) is 14.4 Å². The van der Waals surface area contributed by atoms with Gasteiger partial charge in [-0.15, -0.1) is 0 Å². The Kier molecular flexibility index (Phi) is 3.13. The summed E-state index contributed by atoms with van der Waals surface area (Å²) >= 11 is 0. The molecular formula is C9H20OSi. The second-order valence-electron chi connectivity index (χ2n) is 4.18. The highest BCUT2D eigenvalue weighted by Gasteiger charge is 2.31. The average Bonchev–Trinajstić information content (AvgIpc) is 1.85. The van der Waals surface area contributed by atoms with E-state index in [1.54, 1.807) is 0 Å². The van der Waals surface area contributed by atoms with E-state index in [9.17, 15) is 0 Å². The van der Waals surface area contributed by atoms with Gasteiger partial charge in [-0.3, -0.25) is 0 Å². The summed E-state index contributed by atoms with van der Waals surface area (Å²) in [4.78, 5) is 0. The summed E-state index contributed by atoms with van der Waals surface area (Å²) in [6.07, 6.45) is 4.71. The molecule has 0 unspecified atom stereocenters. The first-order valence-electron chi connectivity index (χ1n) is 4.80. The van der Waals surface area contributed by atoms with Crippen LogP contribution in [0.3, 0.4) is 0 Å². The summed E-state index contributed by atoms with van der Waals surface area (Å²) in [6.45, 7) is 6.71. The van der Waals surface area contributed by atoms with Crippen molar-refractivity contribution in [3.63, 3.8) is 0 Å². The van der Waals surface area contributed by atoms with E-state index in [1.165, 1.54) is 31.4 Å². The van der Waals surface area contributed by atoms with E-state index >= 15 is 0 Å². The summed E-state index contributed by atoms with van der Waals surface area (Å²) in [7, 11) is -1.20. The number of hydrogen-bond donors (Lipinski definition) is 0. The Bertz CT molecular complexity index is 117. The monoisotopic (exact) mass is 172 g/mol. The summed E-state index contributed by atoms with van der Waals surface area (Å²) in [5.74, 6) is 0. The SMILES string of the molecule is CC(C)O[Si]1(C)CCCCC1. The van der Waals surface area contributed by atoms with Gasteiger partial charge in [-0.25, -0.2) is 0 Å². The zero-order valence-corrected chi connectivity index (χ0v) is 9.02. The molecule has 1 fully saturated rings. The predicted octanol–water partition coefficient (Wildman–Crippen LogP) is 3.17. The molecule has 2 heteroatoms. The molecule has 1 saturated heterocycles. The van der Waals surface area contributed by atoms with E-state index in [-0.39, 0.29) is 0 Å². The fraction of sp³-hybridized carbons (Fsp3) is 1.00. The fourth-order valence-corrected chi connectivity index (χ4v) is 5.61. The molecule has 0 aromatic carbocycles. The van der Waals surface area contributed by atoms with Crippen molar-refractivity contribution < 1.29 is 4.43 Å². The van der Waals surface area contributed by atoms with Gasteiger partial charge < -0.3 is 4.43 Å². The highest BCUT2D eigenvalue weighted by Crippen LogP contribution is 2.29. The van der Waals surface area contributed by atoms with Crippen molar-refractivity contribution in [2.24, 2.45) is 0 Å². The van der Waals surface area contributed by atoms with Crippen molar-refractivity contribution in [2.75, 3.05) is 0 Å². The molecule has 0 aromatic rings. The van der Waals surface area contributed by atoms with Gasteiger partial charge in [0.05, 0.1) is 0 Å². The van der Waals surface area contributed by atoms with Crippen molar-refractivity contribution in [3.05, 3.63) is 0 Å². The van der Waals surface area contributed by atoms with Crippen LogP contribution in [-0.2, 0) is 4.43 Å². The molecular weight excluding hydrogens is 152 g/mol. The van der Waals surface area contributed by atoms with Crippen molar-refractivity contribution in [1.29, 1.82) is 0 Å². The van der Waals surface area contributed by atoms with Gasteiger partial charge in [0, 0.05) is 6.10 Å². The Labute approximate surface area is 71.3 Å². The molecule has 0 radical (unpaired) electrons. The summed E-state index contributed by atoms with van der Waals surface area (Å²) in [6, 6.07) is 2.79. The van der Waals surface area contributed by atoms with Gasteiger partial charge in [-0.05, 0) is 32.5 Å². The lowest BCUT2D eigenvalue weighted by Gasteiger charge is -2.32. The first-order chi connectivity index (χ1) is 5.12. The fourth-order valence-electron chi connectivity index (χ4n) is 1.99. The molecule has 0 saturated carbocycles. The molecule has 0 bridgehead atoms. The minimum Gasteiger partial charge on any atom is -0.415 e. The molecule has 0 atom stereocenters. The van der Waals surface area contributed by atoms with E-state index in [0.717, 1.165) is 0 Å². The second kappa shape index (κ2) is 3.72. The van der Waals surface area contributed by atoms with Crippen molar-refractivity contribution in [3.8, 4) is 0 Å². The topological polar surface area (TPSA) is 9.23 Å². The largest absolute Gasteiger partial charge is 0.415 e. The van der Waals surface area contributed by atoms with Gasteiger partial charge in [0.2, 0.25) is 0 Å². The van der Waals surface area contributed by atoms with Crippen LogP contribution in [0.25, 0.3) is 0 Å². The molecule has 1 rings (SSSR count). The Hall–Kier alpha value is 0.177. The van der Waals surface area contributed by atoms with Crippen molar-refractivity contribution in [1.82, 2.24) is 0 Å². The maximum atomic E-state index is 6.02. The number of hydrogen-bond acceptors (Lipinski definition) is 1. The maximum absolute atomic E-state index is 6.02. The summed E-state index contributed by atoms with van der Waals surface area (Å²) in [5, 5.41) is 0. The first kappa shape index (κ1) is 9.27. The van der Waals surface area contributed by atoms with Gasteiger partial charge in [0.25, 0.3) is 0 Å². The summed E-state index contributed by atoms with van der Waals surface area (Å²) < 4.78 is 6.02. The van der Waals surface area contributed by atoms with Crippen LogP contribution in [0.5, 0.6) is 0 Å². The van der Waals surface area contributed by atoms with Gasteiger partial charge >= 0.3 is 0 Å². The third-order valence-electron chi connectivity index (χ3n) is 2.43. The highest BCUT2D eigenvalue weighted by molar-refractivity contribution is 6.72. The standard InChI is InChI=1S/C9H20OSi/c1-9(2)10-11(3)7-5-4-6-8-11/h9H,4-8H2,1-3H3. The highest BCUT2D eigenvalue weighted by atomic mass is 28.4. The Morgan fingerprint density at radius 1 is 1.09 bits per heavy atom. The van der Waals surface area contributed by atoms with Crippen molar-refractivity contribution >= 4 is 8.32 Å². The first-order valence-corrected chi connectivity index (χ1v) is 7.62. The van der Waals surface area contributed by atoms with Gasteiger partial charge in [-0.1, -0.05) is 19.3 Å². The molecule has 11 heavy (non-hydrogen) atoms. The van der Waals surface area contributed by atoms with Crippen LogP contribution < -0.4 is 0 Å². The van der Waals surface area contributed by atoms with E-state index in [0.29, 0.717) is 6.10 Å². The molecule has 0 aliphatic carbocycles. The van der Waals surface area contributed by atoms with Crippen LogP contribution in [0.4, 0.5) is 0 Å². The molecule has 0 N–H and O–H groups in total. The second-order valence-corrected chi connectivity index (χ2v) is 8.31. The third-order valence-corrected chi connectivity index (χ3v) is 6.29. The Morgan fingerprint density at radius 3 is 2.09 bits per heavy atom. The third kappa shape index (κ3) is 2.95. The maximum Gasteiger partial charge on any atom is 0.190 e. The lowest BCUT2D eigenvalue weighted by atomic mass is 10.3. The van der Waals surface area contributed by atoms with Crippen LogP contribution in [0.1, 0.15) is 33.1 Å². The molecule has 0 spiro atoms. The predicted molar refractivity (Wildman–Crippen MR) is 51.3 cm³/mol. The Morgan fingerprint density at radius 2 is 1.64 bits per heavy atom. The van der Waals surface area contributed by atoms with Crippen molar-refractivity contribution in [2.45, 2.75) is 57.8 Å². The van der Waals surface area contributed by atoms with Gasteiger partial charge in [-0.2, -0.15) is 0 Å². The lowest BCUT2D eigenvalue weighted by Crippen LogP contribution is -2.38. The minimum atomic E-state index is -1.20. The summed E-state index contributed by atoms with van der Waals surface area (Å²) in [5.41, 5.74) is 0. The average molecular weight is 172 g/mol.